The van der Waals surface area contributed by atoms with E-state index in [0.717, 1.165) is 36.0 Å². The molecular formula is C16H25NO3S. The molecule has 0 bridgehead atoms. The molecule has 1 aliphatic carbocycles. The molecule has 0 amide bonds. The van der Waals surface area contributed by atoms with Crippen LogP contribution in [-0.4, -0.2) is 37.0 Å². The summed E-state index contributed by atoms with van der Waals surface area (Å²) in [4.78, 5) is 0.383. The van der Waals surface area contributed by atoms with Crippen LogP contribution in [0.4, 0.5) is 0 Å². The van der Waals surface area contributed by atoms with Gasteiger partial charge in [-0.2, -0.15) is 4.31 Å². The molecule has 2 atom stereocenters. The van der Waals surface area contributed by atoms with E-state index in [4.69, 9.17) is 0 Å². The highest BCUT2D eigenvalue weighted by molar-refractivity contribution is 7.89. The highest BCUT2D eigenvalue weighted by atomic mass is 32.2. The van der Waals surface area contributed by atoms with E-state index in [1.54, 1.807) is 7.05 Å². The van der Waals surface area contributed by atoms with Gasteiger partial charge in [-0.05, 0) is 44.7 Å². The first-order valence-electron chi connectivity index (χ1n) is 7.49. The second-order valence-corrected chi connectivity index (χ2v) is 8.10. The smallest absolute Gasteiger partial charge is 0.243 e. The van der Waals surface area contributed by atoms with Crippen LogP contribution in [-0.2, 0) is 10.0 Å². The molecular weight excluding hydrogens is 286 g/mol. The summed E-state index contributed by atoms with van der Waals surface area (Å²) in [5.41, 5.74) is 2.60. The van der Waals surface area contributed by atoms with Gasteiger partial charge in [0.1, 0.15) is 0 Å². The fourth-order valence-corrected chi connectivity index (χ4v) is 5.23. The standard InChI is InChI=1S/C16H25NO3S/c1-11-9-12(2)16(13(3)10-11)21(19,20)17(4)14-7-5-6-8-15(14)18/h9-10,14-15,18H,5-8H2,1-4H3/t14-,15-/m0/s1. The second kappa shape index (κ2) is 6.07. The number of hydrogen-bond donors (Lipinski definition) is 1. The van der Waals surface area contributed by atoms with E-state index in [-0.39, 0.29) is 6.04 Å². The maximum absolute atomic E-state index is 12.9. The molecule has 0 aromatic heterocycles. The zero-order chi connectivity index (χ0) is 15.8. The Kier molecular flexibility index (Phi) is 4.76. The Morgan fingerprint density at radius 3 is 2.14 bits per heavy atom. The number of likely N-dealkylation sites (N-methyl/N-ethyl adjacent to an activating group) is 1. The van der Waals surface area contributed by atoms with Gasteiger partial charge >= 0.3 is 0 Å². The Balaban J connectivity index is 2.42. The third kappa shape index (κ3) is 3.15. The highest BCUT2D eigenvalue weighted by Crippen LogP contribution is 2.30. The van der Waals surface area contributed by atoms with Gasteiger partial charge in [0.15, 0.2) is 0 Å². The van der Waals surface area contributed by atoms with E-state index in [2.05, 4.69) is 0 Å². The Labute approximate surface area is 127 Å². The van der Waals surface area contributed by atoms with Crippen molar-refractivity contribution in [1.29, 1.82) is 0 Å². The van der Waals surface area contributed by atoms with E-state index in [1.165, 1.54) is 4.31 Å². The van der Waals surface area contributed by atoms with Gasteiger partial charge in [-0.25, -0.2) is 8.42 Å². The number of aliphatic hydroxyl groups is 1. The summed E-state index contributed by atoms with van der Waals surface area (Å²) >= 11 is 0. The van der Waals surface area contributed by atoms with Gasteiger partial charge in [0.25, 0.3) is 0 Å². The van der Waals surface area contributed by atoms with Gasteiger partial charge in [0.05, 0.1) is 17.0 Å². The molecule has 5 heteroatoms. The monoisotopic (exact) mass is 311 g/mol. The lowest BCUT2D eigenvalue weighted by molar-refractivity contribution is 0.0637. The number of benzene rings is 1. The van der Waals surface area contributed by atoms with Crippen LogP contribution in [0.15, 0.2) is 17.0 Å². The minimum absolute atomic E-state index is 0.316. The van der Waals surface area contributed by atoms with Crippen molar-refractivity contribution < 1.29 is 13.5 Å². The summed E-state index contributed by atoms with van der Waals surface area (Å²) in [7, 11) is -1.99. The van der Waals surface area contributed by atoms with Crippen molar-refractivity contribution in [3.63, 3.8) is 0 Å². The molecule has 1 aliphatic rings. The van der Waals surface area contributed by atoms with Gasteiger partial charge < -0.3 is 5.11 Å². The van der Waals surface area contributed by atoms with Crippen molar-refractivity contribution in [2.75, 3.05) is 7.05 Å². The fraction of sp³-hybridized carbons (Fsp3) is 0.625. The zero-order valence-electron chi connectivity index (χ0n) is 13.3. The van der Waals surface area contributed by atoms with Gasteiger partial charge in [-0.15, -0.1) is 0 Å². The van der Waals surface area contributed by atoms with Crippen molar-refractivity contribution >= 4 is 10.0 Å². The molecule has 1 N–H and O–H groups in total. The highest BCUT2D eigenvalue weighted by Gasteiger charge is 2.35. The third-order valence-electron chi connectivity index (χ3n) is 4.40. The summed E-state index contributed by atoms with van der Waals surface area (Å²) in [6.07, 6.45) is 2.77. The Morgan fingerprint density at radius 1 is 1.10 bits per heavy atom. The van der Waals surface area contributed by atoms with Crippen molar-refractivity contribution in [1.82, 2.24) is 4.31 Å². The first-order chi connectivity index (χ1) is 9.75. The van der Waals surface area contributed by atoms with Gasteiger partial charge in [-0.3, -0.25) is 0 Å². The van der Waals surface area contributed by atoms with Crippen LogP contribution in [0, 0.1) is 20.8 Å². The Bertz CT molecular complexity index is 601. The summed E-state index contributed by atoms with van der Waals surface area (Å²) < 4.78 is 27.3. The topological polar surface area (TPSA) is 57.6 Å². The van der Waals surface area contributed by atoms with E-state index >= 15 is 0 Å². The molecule has 1 aromatic rings. The van der Waals surface area contributed by atoms with E-state index < -0.39 is 16.1 Å². The molecule has 21 heavy (non-hydrogen) atoms. The van der Waals surface area contributed by atoms with Crippen LogP contribution in [0.3, 0.4) is 0 Å². The molecule has 1 saturated carbocycles. The number of nitrogens with zero attached hydrogens (tertiary/aromatic N) is 1. The summed E-state index contributed by atoms with van der Waals surface area (Å²) in [5, 5.41) is 10.1. The molecule has 1 fully saturated rings. The molecule has 118 valence electrons. The summed E-state index contributed by atoms with van der Waals surface area (Å²) in [6, 6.07) is 3.47. The average molecular weight is 311 g/mol. The molecule has 0 unspecified atom stereocenters. The lowest BCUT2D eigenvalue weighted by Gasteiger charge is -2.35. The van der Waals surface area contributed by atoms with Crippen LogP contribution < -0.4 is 0 Å². The number of hydrogen-bond acceptors (Lipinski definition) is 3. The number of aryl methyl sites for hydroxylation is 3. The first-order valence-corrected chi connectivity index (χ1v) is 8.93. The molecule has 0 spiro atoms. The maximum atomic E-state index is 12.9. The van der Waals surface area contributed by atoms with Crippen LogP contribution >= 0.6 is 0 Å². The van der Waals surface area contributed by atoms with Crippen molar-refractivity contribution in [3.05, 3.63) is 28.8 Å². The maximum Gasteiger partial charge on any atom is 0.243 e. The van der Waals surface area contributed by atoms with Gasteiger partial charge in [-0.1, -0.05) is 30.5 Å². The summed E-state index contributed by atoms with van der Waals surface area (Å²) in [5.74, 6) is 0. The first kappa shape index (κ1) is 16.5. The van der Waals surface area contributed by atoms with Gasteiger partial charge in [0.2, 0.25) is 10.0 Å². The number of sulfonamides is 1. The van der Waals surface area contributed by atoms with E-state index in [9.17, 15) is 13.5 Å². The van der Waals surface area contributed by atoms with Crippen LogP contribution in [0.25, 0.3) is 0 Å². The number of rotatable bonds is 3. The van der Waals surface area contributed by atoms with Crippen LogP contribution in [0.2, 0.25) is 0 Å². The van der Waals surface area contributed by atoms with Crippen LogP contribution in [0.5, 0.6) is 0 Å². The molecule has 0 saturated heterocycles. The minimum atomic E-state index is -3.58. The summed E-state index contributed by atoms with van der Waals surface area (Å²) in [6.45, 7) is 5.63. The molecule has 4 nitrogen and oxygen atoms in total. The molecule has 0 aliphatic heterocycles. The predicted octanol–water partition coefficient (Wildman–Crippen LogP) is 2.54. The zero-order valence-corrected chi connectivity index (χ0v) is 14.1. The predicted molar refractivity (Wildman–Crippen MR) is 83.9 cm³/mol. The lowest BCUT2D eigenvalue weighted by atomic mass is 9.93. The average Bonchev–Trinajstić information content (AvgIpc) is 2.36. The number of aliphatic hydroxyl groups excluding tert-OH is 1. The van der Waals surface area contributed by atoms with Crippen molar-refractivity contribution in [2.24, 2.45) is 0 Å². The largest absolute Gasteiger partial charge is 0.391 e. The quantitative estimate of drug-likeness (QED) is 0.933. The second-order valence-electron chi connectivity index (χ2n) is 6.17. The molecule has 0 heterocycles. The van der Waals surface area contributed by atoms with E-state index in [1.807, 2.05) is 32.9 Å². The van der Waals surface area contributed by atoms with Crippen molar-refractivity contribution in [3.8, 4) is 0 Å². The Hall–Kier alpha value is -0.910. The third-order valence-corrected chi connectivity index (χ3v) is 6.59. The van der Waals surface area contributed by atoms with E-state index in [0.29, 0.717) is 11.3 Å². The normalized spacial score (nSPS) is 23.5. The van der Waals surface area contributed by atoms with Gasteiger partial charge in [0, 0.05) is 7.05 Å². The SMILES string of the molecule is Cc1cc(C)c(S(=O)(=O)N(C)[C@H]2CCCC[C@@H]2O)c(C)c1. The molecule has 0 radical (unpaired) electrons. The minimum Gasteiger partial charge on any atom is -0.391 e. The lowest BCUT2D eigenvalue weighted by Crippen LogP contribution is -2.46. The molecule has 2 rings (SSSR count). The molecule has 1 aromatic carbocycles. The Morgan fingerprint density at radius 2 is 1.62 bits per heavy atom. The fourth-order valence-electron chi connectivity index (χ4n) is 3.41. The van der Waals surface area contributed by atoms with Crippen LogP contribution in [0.1, 0.15) is 42.4 Å². The van der Waals surface area contributed by atoms with Crippen molar-refractivity contribution in [2.45, 2.75) is 63.5 Å².